The van der Waals surface area contributed by atoms with Gasteiger partial charge in [-0.05, 0) is 47.9 Å². The number of hydrogen-bond acceptors (Lipinski definition) is 5. The third kappa shape index (κ3) is 3.82. The molecule has 0 saturated carbocycles. The number of rotatable bonds is 4. The zero-order valence-electron chi connectivity index (χ0n) is 14.4. The predicted molar refractivity (Wildman–Crippen MR) is 97.4 cm³/mol. The highest BCUT2D eigenvalue weighted by atomic mass is 32.2. The quantitative estimate of drug-likeness (QED) is 0.739. The molecule has 0 bridgehead atoms. The van der Waals surface area contributed by atoms with Gasteiger partial charge in [0.2, 0.25) is 10.0 Å². The van der Waals surface area contributed by atoms with E-state index in [0.29, 0.717) is 13.1 Å². The Hall–Kier alpha value is -1.77. The molecule has 3 rings (SSSR count). The summed E-state index contributed by atoms with van der Waals surface area (Å²) in [5, 5.41) is 1.58. The largest absolute Gasteiger partial charge is 0.465 e. The zero-order valence-corrected chi connectivity index (χ0v) is 16.0. The molecule has 1 aromatic heterocycles. The summed E-state index contributed by atoms with van der Waals surface area (Å²) in [6.07, 6.45) is 2.47. The summed E-state index contributed by atoms with van der Waals surface area (Å²) in [7, 11) is -2.58. The average Bonchev–Trinajstić information content (AvgIpc) is 3.00. The van der Waals surface area contributed by atoms with Crippen molar-refractivity contribution in [2.75, 3.05) is 20.2 Å². The van der Waals surface area contributed by atoms with E-state index >= 15 is 0 Å². The first-order valence-electron chi connectivity index (χ1n) is 8.35. The minimum Gasteiger partial charge on any atom is -0.465 e. The van der Waals surface area contributed by atoms with Gasteiger partial charge < -0.3 is 4.74 Å². The molecule has 2 aromatic rings. The molecule has 1 fully saturated rings. The summed E-state index contributed by atoms with van der Waals surface area (Å²) in [5.74, 6) is -0.968. The van der Waals surface area contributed by atoms with Gasteiger partial charge in [0, 0.05) is 13.1 Å². The van der Waals surface area contributed by atoms with E-state index in [9.17, 15) is 17.6 Å². The van der Waals surface area contributed by atoms with Crippen LogP contribution in [0.4, 0.5) is 4.39 Å². The van der Waals surface area contributed by atoms with Gasteiger partial charge in [-0.15, -0.1) is 11.3 Å². The van der Waals surface area contributed by atoms with E-state index in [4.69, 9.17) is 4.74 Å². The van der Waals surface area contributed by atoms with Crippen LogP contribution in [0.2, 0.25) is 0 Å². The van der Waals surface area contributed by atoms with Crippen molar-refractivity contribution in [3.63, 3.8) is 0 Å². The molecule has 0 amide bonds. The number of nitrogens with zero attached hydrogens (tertiary/aromatic N) is 1. The number of sulfonamides is 1. The van der Waals surface area contributed by atoms with Crippen LogP contribution < -0.4 is 0 Å². The summed E-state index contributed by atoms with van der Waals surface area (Å²) in [5.41, 5.74) is 0.923. The second-order valence-corrected chi connectivity index (χ2v) is 9.04. The van der Waals surface area contributed by atoms with Gasteiger partial charge in [-0.25, -0.2) is 17.6 Å². The lowest BCUT2D eigenvalue weighted by atomic mass is 9.95. The molecule has 1 saturated heterocycles. The van der Waals surface area contributed by atoms with Crippen LogP contribution in [0, 0.1) is 5.82 Å². The molecule has 5 nitrogen and oxygen atoms in total. The Kier molecular flexibility index (Phi) is 5.74. The highest BCUT2D eigenvalue weighted by molar-refractivity contribution is 7.89. The van der Waals surface area contributed by atoms with E-state index in [1.165, 1.54) is 29.6 Å². The normalized spacial score (nSPS) is 19.1. The molecular formula is C18H20FNO4S2. The maximum Gasteiger partial charge on any atom is 0.349 e. The van der Waals surface area contributed by atoms with Crippen LogP contribution in [-0.2, 0) is 14.8 Å². The SMILES string of the molecule is COC(=O)c1sccc1S(=O)(=O)N1CCCCC(c2ccc(F)cc2)C1. The molecule has 1 unspecified atom stereocenters. The number of esters is 1. The maximum absolute atomic E-state index is 13.2. The van der Waals surface area contributed by atoms with Gasteiger partial charge in [-0.1, -0.05) is 18.6 Å². The van der Waals surface area contributed by atoms with Crippen molar-refractivity contribution < 1.29 is 22.3 Å². The topological polar surface area (TPSA) is 63.7 Å². The smallest absolute Gasteiger partial charge is 0.349 e. The summed E-state index contributed by atoms with van der Waals surface area (Å²) in [4.78, 5) is 12.0. The minimum atomic E-state index is -3.81. The van der Waals surface area contributed by atoms with Crippen molar-refractivity contribution in [1.29, 1.82) is 0 Å². The van der Waals surface area contributed by atoms with Gasteiger partial charge in [0.05, 0.1) is 7.11 Å². The minimum absolute atomic E-state index is 0.00546. The van der Waals surface area contributed by atoms with Crippen molar-refractivity contribution in [3.05, 3.63) is 52.0 Å². The van der Waals surface area contributed by atoms with E-state index in [0.717, 1.165) is 36.2 Å². The molecule has 1 aliphatic heterocycles. The number of carbonyl (C=O) groups excluding carboxylic acids is 1. The van der Waals surface area contributed by atoms with E-state index in [1.54, 1.807) is 17.5 Å². The summed E-state index contributed by atoms with van der Waals surface area (Å²) in [6, 6.07) is 7.66. The van der Waals surface area contributed by atoms with Gasteiger partial charge >= 0.3 is 5.97 Å². The maximum atomic E-state index is 13.2. The van der Waals surface area contributed by atoms with Gasteiger partial charge in [-0.3, -0.25) is 0 Å². The Morgan fingerprint density at radius 1 is 1.23 bits per heavy atom. The lowest BCUT2D eigenvalue weighted by Crippen LogP contribution is -2.34. The molecule has 140 valence electrons. The van der Waals surface area contributed by atoms with Crippen LogP contribution in [0.5, 0.6) is 0 Å². The van der Waals surface area contributed by atoms with Crippen molar-refractivity contribution in [2.24, 2.45) is 0 Å². The molecular weight excluding hydrogens is 377 g/mol. The van der Waals surface area contributed by atoms with Gasteiger partial charge in [0.25, 0.3) is 0 Å². The number of benzene rings is 1. The molecule has 26 heavy (non-hydrogen) atoms. The number of hydrogen-bond donors (Lipinski definition) is 0. The molecule has 1 atom stereocenters. The van der Waals surface area contributed by atoms with Crippen LogP contribution in [-0.4, -0.2) is 38.9 Å². The second kappa shape index (κ2) is 7.85. The van der Waals surface area contributed by atoms with Crippen molar-refractivity contribution in [3.8, 4) is 0 Å². The van der Waals surface area contributed by atoms with Crippen molar-refractivity contribution in [2.45, 2.75) is 30.1 Å². The Labute approximate surface area is 156 Å². The van der Waals surface area contributed by atoms with Crippen LogP contribution in [0.1, 0.15) is 40.4 Å². The third-order valence-electron chi connectivity index (χ3n) is 4.59. The third-order valence-corrected chi connectivity index (χ3v) is 7.52. The van der Waals surface area contributed by atoms with Crippen LogP contribution >= 0.6 is 11.3 Å². The standard InChI is InChI=1S/C18H20FNO4S2/c1-24-18(21)17-16(9-11-25-17)26(22,23)20-10-3-2-4-14(12-20)13-5-7-15(19)8-6-13/h5-9,11,14H,2-4,10,12H2,1H3. The first-order chi connectivity index (χ1) is 12.4. The van der Waals surface area contributed by atoms with E-state index in [2.05, 4.69) is 0 Å². The molecule has 1 aliphatic rings. The molecule has 0 spiro atoms. The Morgan fingerprint density at radius 3 is 2.65 bits per heavy atom. The number of ether oxygens (including phenoxy) is 1. The lowest BCUT2D eigenvalue weighted by Gasteiger charge is -2.24. The number of carbonyl (C=O) groups is 1. The van der Waals surface area contributed by atoms with Gasteiger partial charge in [0.15, 0.2) is 0 Å². The van der Waals surface area contributed by atoms with E-state index in [-0.39, 0.29) is 21.5 Å². The van der Waals surface area contributed by atoms with Crippen LogP contribution in [0.25, 0.3) is 0 Å². The van der Waals surface area contributed by atoms with Crippen LogP contribution in [0.3, 0.4) is 0 Å². The summed E-state index contributed by atoms with van der Waals surface area (Å²) in [6.45, 7) is 0.709. The second-order valence-electron chi connectivity index (χ2n) is 6.21. The monoisotopic (exact) mass is 397 g/mol. The zero-order chi connectivity index (χ0) is 18.7. The molecule has 0 aliphatic carbocycles. The number of thiophene rings is 1. The average molecular weight is 397 g/mol. The fourth-order valence-corrected chi connectivity index (χ4v) is 6.05. The number of methoxy groups -OCH3 is 1. The summed E-state index contributed by atoms with van der Waals surface area (Å²) < 4.78 is 45.6. The first kappa shape index (κ1) is 19.0. The van der Waals surface area contributed by atoms with E-state index < -0.39 is 16.0 Å². The van der Waals surface area contributed by atoms with Gasteiger partial charge in [-0.2, -0.15) is 4.31 Å². The highest BCUT2D eigenvalue weighted by Gasteiger charge is 2.33. The lowest BCUT2D eigenvalue weighted by molar-refractivity contribution is 0.0602. The van der Waals surface area contributed by atoms with Crippen molar-refractivity contribution in [1.82, 2.24) is 4.31 Å². The Morgan fingerprint density at radius 2 is 1.96 bits per heavy atom. The fraction of sp³-hybridized carbons (Fsp3) is 0.389. The predicted octanol–water partition coefficient (Wildman–Crippen LogP) is 3.63. The molecule has 0 N–H and O–H groups in total. The molecule has 0 radical (unpaired) electrons. The fourth-order valence-electron chi connectivity index (χ4n) is 3.21. The highest BCUT2D eigenvalue weighted by Crippen LogP contribution is 2.32. The first-order valence-corrected chi connectivity index (χ1v) is 10.7. The van der Waals surface area contributed by atoms with E-state index in [1.807, 2.05) is 0 Å². The van der Waals surface area contributed by atoms with Crippen LogP contribution in [0.15, 0.2) is 40.6 Å². The Balaban J connectivity index is 1.90. The van der Waals surface area contributed by atoms with Gasteiger partial charge in [0.1, 0.15) is 15.6 Å². The summed E-state index contributed by atoms with van der Waals surface area (Å²) >= 11 is 1.06. The van der Waals surface area contributed by atoms with Crippen molar-refractivity contribution >= 4 is 27.3 Å². The molecule has 2 heterocycles. The number of halogens is 1. The molecule has 1 aromatic carbocycles. The molecule has 8 heteroatoms. The Bertz CT molecular complexity index is 877.